The zero-order valence-electron chi connectivity index (χ0n) is 42.6. The first kappa shape index (κ1) is 53.2. The fraction of sp³-hybridized carbons (Fsp3) is 0.131. The van der Waals surface area contributed by atoms with Gasteiger partial charge in [-0.2, -0.15) is 18.2 Å². The highest BCUT2D eigenvalue weighted by Crippen LogP contribution is 2.41. The summed E-state index contributed by atoms with van der Waals surface area (Å²) >= 11 is 1.18. The predicted molar refractivity (Wildman–Crippen MR) is 299 cm³/mol. The van der Waals surface area contributed by atoms with Crippen LogP contribution in [0.4, 0.5) is 5.13 Å². The lowest BCUT2D eigenvalue weighted by Gasteiger charge is -2.50. The molecular weight excluding hydrogens is 1040 g/mol. The molecule has 0 aliphatic carbocycles. The van der Waals surface area contributed by atoms with Crippen LogP contribution in [-0.2, 0) is 41.3 Å². The molecule has 0 radical (unpaired) electrons. The molecule has 1 fully saturated rings. The average Bonchev–Trinajstić information content (AvgIpc) is 4.13. The molecule has 2 aromatic heterocycles. The summed E-state index contributed by atoms with van der Waals surface area (Å²) in [7, 11) is -5.10. The molecule has 0 spiro atoms. The van der Waals surface area contributed by atoms with Gasteiger partial charge in [-0.25, -0.2) is 4.98 Å². The van der Waals surface area contributed by atoms with Crippen molar-refractivity contribution in [2.45, 2.75) is 49.8 Å². The van der Waals surface area contributed by atoms with E-state index in [0.717, 1.165) is 38.9 Å². The highest BCUT2D eigenvalue weighted by molar-refractivity contribution is 7.80. The molecule has 0 bridgehead atoms. The SMILES string of the molecule is CC1(C)[C@H](NC(=O)/C(=N\OCc2cc(=O)c(OC(c3ccccc3)c3ccccc3)cn2OC(c2ccccc2)c2ccccc2)c2csc(NC(c3ccccc3)(c3ccccc3)c3ccccc3)n2)C(=O)N1OS(=O)(=O)O. The minimum absolute atomic E-state index is 0.0298. The number of nitrogens with one attached hydrogen (secondary N) is 2. The minimum atomic E-state index is -5.10. The molecule has 398 valence electrons. The molecule has 9 aromatic rings. The van der Waals surface area contributed by atoms with Crippen molar-refractivity contribution in [2.75, 3.05) is 5.32 Å². The molecule has 0 unspecified atom stereocenters. The number of rotatable bonds is 21. The fourth-order valence-electron chi connectivity index (χ4n) is 9.39. The molecule has 7 aromatic carbocycles. The van der Waals surface area contributed by atoms with Crippen molar-refractivity contribution < 1.29 is 41.3 Å². The van der Waals surface area contributed by atoms with Crippen LogP contribution >= 0.6 is 11.3 Å². The first-order chi connectivity index (χ1) is 38.3. The van der Waals surface area contributed by atoms with Crippen LogP contribution in [0, 0.1) is 0 Å². The number of pyridine rings is 1. The highest BCUT2D eigenvalue weighted by Gasteiger charge is 2.58. The van der Waals surface area contributed by atoms with Crippen LogP contribution in [0.2, 0.25) is 0 Å². The normalized spacial score (nSPS) is 14.3. The Kier molecular flexibility index (Phi) is 15.6. The van der Waals surface area contributed by atoms with E-state index in [-0.39, 0.29) is 22.8 Å². The maximum Gasteiger partial charge on any atom is 0.418 e. The number of oxime groups is 1. The molecule has 16 nitrogen and oxygen atoms in total. The highest BCUT2D eigenvalue weighted by atomic mass is 32.3. The molecule has 1 aliphatic heterocycles. The molecule has 2 amide bonds. The molecule has 0 saturated carbocycles. The van der Waals surface area contributed by atoms with Crippen LogP contribution in [0.15, 0.2) is 240 Å². The van der Waals surface area contributed by atoms with Gasteiger partial charge < -0.3 is 25.0 Å². The van der Waals surface area contributed by atoms with Crippen molar-refractivity contribution in [2.24, 2.45) is 5.16 Å². The molecule has 10 rings (SSSR count). The maximum absolute atomic E-state index is 14.7. The summed E-state index contributed by atoms with van der Waals surface area (Å²) in [4.78, 5) is 60.3. The zero-order chi connectivity index (χ0) is 55.0. The van der Waals surface area contributed by atoms with Crippen molar-refractivity contribution in [3.05, 3.63) is 291 Å². The molecule has 1 saturated heterocycles. The minimum Gasteiger partial charge on any atom is -0.475 e. The lowest BCUT2D eigenvalue weighted by atomic mass is 9.77. The monoisotopic (exact) mass is 1090 g/mol. The molecule has 3 N–H and O–H groups in total. The van der Waals surface area contributed by atoms with E-state index in [0.29, 0.717) is 10.2 Å². The zero-order valence-corrected chi connectivity index (χ0v) is 44.2. The first-order valence-electron chi connectivity index (χ1n) is 25.0. The Balaban J connectivity index is 1.04. The second-order valence-corrected chi connectivity index (χ2v) is 20.7. The molecule has 79 heavy (non-hydrogen) atoms. The number of carbonyl (C=O) groups is 2. The number of anilines is 1. The van der Waals surface area contributed by atoms with Crippen molar-refractivity contribution in [3.63, 3.8) is 0 Å². The Morgan fingerprint density at radius 1 is 0.696 bits per heavy atom. The van der Waals surface area contributed by atoms with Crippen LogP contribution in [0.5, 0.6) is 5.75 Å². The number of carbonyl (C=O) groups excluding carboxylic acids is 2. The van der Waals surface area contributed by atoms with Gasteiger partial charge in [-0.3, -0.25) is 18.9 Å². The lowest BCUT2D eigenvalue weighted by molar-refractivity contribution is -0.218. The van der Waals surface area contributed by atoms with E-state index in [1.807, 2.05) is 212 Å². The van der Waals surface area contributed by atoms with Crippen molar-refractivity contribution in [1.82, 2.24) is 20.1 Å². The molecule has 1 atom stereocenters. The Morgan fingerprint density at radius 2 is 1.14 bits per heavy atom. The summed E-state index contributed by atoms with van der Waals surface area (Å²) in [6, 6.07) is 67.6. The van der Waals surface area contributed by atoms with E-state index in [9.17, 15) is 27.4 Å². The second-order valence-electron chi connectivity index (χ2n) is 18.9. The summed E-state index contributed by atoms with van der Waals surface area (Å²) in [5.41, 5.74) is 2.69. The Hall–Kier alpha value is -9.20. The number of nitrogens with zero attached hydrogens (tertiary/aromatic N) is 4. The Morgan fingerprint density at radius 3 is 1.58 bits per heavy atom. The summed E-state index contributed by atoms with van der Waals surface area (Å²) in [6.07, 6.45) is 0.0478. The number of amides is 2. The van der Waals surface area contributed by atoms with E-state index >= 15 is 0 Å². The van der Waals surface area contributed by atoms with Crippen molar-refractivity contribution in [1.29, 1.82) is 0 Å². The standard InChI is InChI=1S/C61H52N6O10S2/c1-60(2)56(58(70)67(60)77-79(71,72)73)63-57(69)53(50-41-78-59(62-50)64-61(46-32-18-7-19-33-46,47-34-20-8-21-35-47)48-36-22-9-23-37-48)65-74-40-49-38-51(68)52(75-54(42-24-10-3-11-25-42)43-26-12-4-13-27-43)39-66(49)76-55(44-28-14-5-15-29-44)45-30-16-6-17-31-45/h3-39,41,54-56H,40H2,1-2H3,(H,62,64)(H,63,69)(H,71,72,73)/b65-53-/t56-/m1/s1. The van der Waals surface area contributed by atoms with Crippen LogP contribution in [0.3, 0.4) is 0 Å². The molecule has 3 heterocycles. The third-order valence-electron chi connectivity index (χ3n) is 13.3. The van der Waals surface area contributed by atoms with Crippen molar-refractivity contribution >= 4 is 44.4 Å². The Bertz CT molecular complexity index is 3570. The number of hydroxylamine groups is 2. The largest absolute Gasteiger partial charge is 0.475 e. The molecule has 1 aliphatic rings. The van der Waals surface area contributed by atoms with Crippen LogP contribution in [0.1, 0.15) is 76.4 Å². The van der Waals surface area contributed by atoms with E-state index in [4.69, 9.17) is 19.4 Å². The first-order valence-corrected chi connectivity index (χ1v) is 27.2. The van der Waals surface area contributed by atoms with Crippen LogP contribution in [0.25, 0.3) is 0 Å². The smallest absolute Gasteiger partial charge is 0.418 e. The second kappa shape index (κ2) is 23.2. The van der Waals surface area contributed by atoms with Gasteiger partial charge in [0, 0.05) is 11.4 Å². The molecular formula is C61H52N6O10S2. The van der Waals surface area contributed by atoms with Crippen LogP contribution < -0.4 is 25.6 Å². The predicted octanol–water partition coefficient (Wildman–Crippen LogP) is 9.86. The summed E-state index contributed by atoms with van der Waals surface area (Å²) in [6.45, 7) is 2.42. The number of β-lactam (4-membered cyclic amide) rings is 1. The summed E-state index contributed by atoms with van der Waals surface area (Å²) in [5, 5.41) is 13.1. The summed E-state index contributed by atoms with van der Waals surface area (Å²) in [5.74, 6) is -1.94. The van der Waals surface area contributed by atoms with E-state index in [1.165, 1.54) is 42.2 Å². The third kappa shape index (κ3) is 11.7. The van der Waals surface area contributed by atoms with Gasteiger partial charge in [0.25, 0.3) is 11.8 Å². The number of hydrogen-bond acceptors (Lipinski definition) is 13. The van der Waals surface area contributed by atoms with E-state index < -0.39 is 63.6 Å². The van der Waals surface area contributed by atoms with E-state index in [1.54, 1.807) is 5.38 Å². The molecule has 18 heteroatoms. The average molecular weight is 1090 g/mol. The lowest BCUT2D eigenvalue weighted by Crippen LogP contribution is -2.76. The van der Waals surface area contributed by atoms with Gasteiger partial charge in [0.15, 0.2) is 29.3 Å². The maximum atomic E-state index is 14.7. The number of aromatic nitrogens is 2. The Labute approximate surface area is 460 Å². The number of hydrogen-bond donors (Lipinski definition) is 3. The number of thiazole rings is 1. The summed E-state index contributed by atoms with van der Waals surface area (Å²) < 4.78 is 45.4. The number of benzene rings is 7. The third-order valence-corrected chi connectivity index (χ3v) is 14.4. The quantitative estimate of drug-likeness (QED) is 0.0203. The van der Waals surface area contributed by atoms with Gasteiger partial charge in [0.05, 0.1) is 11.7 Å². The van der Waals surface area contributed by atoms with Crippen LogP contribution in [-0.4, -0.2) is 56.9 Å². The van der Waals surface area contributed by atoms with Gasteiger partial charge in [-0.15, -0.1) is 15.6 Å². The van der Waals surface area contributed by atoms with Gasteiger partial charge in [-0.05, 0) is 52.8 Å². The number of ether oxygens (including phenoxy) is 1. The van der Waals surface area contributed by atoms with Gasteiger partial charge >= 0.3 is 10.4 Å². The van der Waals surface area contributed by atoms with E-state index in [2.05, 4.69) is 20.1 Å². The fourth-order valence-corrected chi connectivity index (χ4v) is 10.6. The van der Waals surface area contributed by atoms with Gasteiger partial charge in [0.2, 0.25) is 5.43 Å². The van der Waals surface area contributed by atoms with Gasteiger partial charge in [0.1, 0.15) is 29.1 Å². The van der Waals surface area contributed by atoms with Gasteiger partial charge in [-0.1, -0.05) is 217 Å². The van der Waals surface area contributed by atoms with Crippen molar-refractivity contribution in [3.8, 4) is 5.75 Å². The topological polar surface area (TPSA) is 200 Å².